The summed E-state index contributed by atoms with van der Waals surface area (Å²) in [5, 5.41) is 11.3. The monoisotopic (exact) mass is 680 g/mol. The second-order valence-corrected chi connectivity index (χ2v) is 25.7. The van der Waals surface area contributed by atoms with Gasteiger partial charge in [0, 0.05) is 27.9 Å². The third-order valence-electron chi connectivity index (χ3n) is 8.34. The highest BCUT2D eigenvalue weighted by molar-refractivity contribution is 6.76. The molecule has 1 heterocycles. The Morgan fingerprint density at radius 2 is 1.76 bits per heavy atom. The van der Waals surface area contributed by atoms with Gasteiger partial charge in [0.2, 0.25) is 0 Å². The van der Waals surface area contributed by atoms with Crippen molar-refractivity contribution in [2.75, 3.05) is 34.2 Å². The summed E-state index contributed by atoms with van der Waals surface area (Å²) in [6.45, 7) is 24.5. The van der Waals surface area contributed by atoms with Crippen molar-refractivity contribution in [3.63, 3.8) is 0 Å². The van der Waals surface area contributed by atoms with Crippen molar-refractivity contribution >= 4 is 28.4 Å². The molecule has 0 spiro atoms. The molecule has 2 rings (SSSR count). The molecule has 0 bridgehead atoms. The molecule has 1 N–H and O–H groups in total. The van der Waals surface area contributed by atoms with Gasteiger partial charge in [-0.25, -0.2) is 4.79 Å². The van der Waals surface area contributed by atoms with Crippen molar-refractivity contribution in [1.82, 2.24) is 0 Å². The lowest BCUT2D eigenvalue weighted by atomic mass is 10.0. The van der Waals surface area contributed by atoms with Crippen LogP contribution < -0.4 is 9.47 Å². The van der Waals surface area contributed by atoms with Gasteiger partial charge in [-0.1, -0.05) is 71.6 Å². The minimum Gasteiger partial charge on any atom is -0.497 e. The molecule has 11 heteroatoms. The van der Waals surface area contributed by atoms with Gasteiger partial charge in [0.25, 0.3) is 0 Å². The van der Waals surface area contributed by atoms with Crippen LogP contribution in [0.1, 0.15) is 63.9 Å². The topological polar surface area (TPSA) is 102 Å². The van der Waals surface area contributed by atoms with E-state index in [9.17, 15) is 9.90 Å². The Morgan fingerprint density at radius 1 is 1.09 bits per heavy atom. The van der Waals surface area contributed by atoms with Gasteiger partial charge < -0.3 is 38.0 Å². The molecule has 0 amide bonds. The van der Waals surface area contributed by atoms with Gasteiger partial charge >= 0.3 is 5.97 Å². The zero-order valence-electron chi connectivity index (χ0n) is 30.5. The minimum atomic E-state index is -1.86. The third-order valence-corrected chi connectivity index (χ3v) is 14.5. The molecule has 1 unspecified atom stereocenters. The summed E-state index contributed by atoms with van der Waals surface area (Å²) < 4.78 is 40.8. The van der Waals surface area contributed by atoms with E-state index in [-0.39, 0.29) is 17.7 Å². The molecule has 1 aromatic carbocycles. The fourth-order valence-corrected chi connectivity index (χ4v) is 6.35. The summed E-state index contributed by atoms with van der Waals surface area (Å²) in [6, 6.07) is 4.27. The van der Waals surface area contributed by atoms with E-state index in [1.165, 1.54) is 7.11 Å². The molecule has 0 radical (unpaired) electrons. The second-order valence-electron chi connectivity index (χ2n) is 15.3. The number of carbonyl (C=O) groups excluding carboxylic acids is 1. The van der Waals surface area contributed by atoms with Crippen LogP contribution in [0.3, 0.4) is 0 Å². The maximum Gasteiger partial charge on any atom is 0.342 e. The van der Waals surface area contributed by atoms with E-state index in [1.807, 2.05) is 32.1 Å². The quantitative estimate of drug-likeness (QED) is 0.0769. The fraction of sp³-hybridized carbons (Fsp3) is 0.686. The average Bonchev–Trinajstić information content (AvgIpc) is 3.25. The maximum atomic E-state index is 13.4. The maximum absolute atomic E-state index is 13.4. The van der Waals surface area contributed by atoms with Gasteiger partial charge in [0.1, 0.15) is 29.3 Å². The zero-order chi connectivity index (χ0) is 34.9. The molecule has 262 valence electrons. The molecule has 0 aromatic heterocycles. The first-order valence-corrected chi connectivity index (χ1v) is 22.8. The van der Waals surface area contributed by atoms with Crippen LogP contribution >= 0.6 is 0 Å². The summed E-state index contributed by atoms with van der Waals surface area (Å²) in [4.78, 5) is 13.4. The molecule has 1 aromatic rings. The molecule has 1 aliphatic rings. The normalized spacial score (nSPS) is 20.3. The summed E-state index contributed by atoms with van der Waals surface area (Å²) in [6.07, 6.45) is 6.04. The Morgan fingerprint density at radius 3 is 2.35 bits per heavy atom. The van der Waals surface area contributed by atoms with Gasteiger partial charge in [0.15, 0.2) is 20.9 Å². The first kappa shape index (κ1) is 40.2. The Hall–Kier alpha value is -2.00. The zero-order valence-corrected chi connectivity index (χ0v) is 32.5. The smallest absolute Gasteiger partial charge is 0.342 e. The highest BCUT2D eigenvalue weighted by Crippen LogP contribution is 2.37. The molecule has 4 atom stereocenters. The van der Waals surface area contributed by atoms with Crippen molar-refractivity contribution in [3.05, 3.63) is 41.5 Å². The van der Waals surface area contributed by atoms with Crippen LogP contribution in [-0.2, 0) is 23.4 Å². The van der Waals surface area contributed by atoms with Gasteiger partial charge in [-0.05, 0) is 62.0 Å². The Bertz CT molecular complexity index is 1180. The molecular formula is C35H60O9Si2. The fourth-order valence-electron chi connectivity index (χ4n) is 4.53. The molecule has 1 saturated heterocycles. The van der Waals surface area contributed by atoms with E-state index in [4.69, 9.17) is 32.8 Å². The van der Waals surface area contributed by atoms with Gasteiger partial charge in [0.05, 0.1) is 19.8 Å². The molecule has 1 aliphatic heterocycles. The molecule has 0 aliphatic carbocycles. The number of hydrogen-bond donors (Lipinski definition) is 1. The standard InChI is InChI=1S/C35H60O9Si2/c1-25(23-42-46(12,13)34(2,3)4)17-18-28(36)32-29(43-35(5,6)44-32)16-14-15-26-21-27(39-8)22-30(41-24-38-7)31(26)33(37)40-19-20-45(9,10)11/h14-15,17-18,21-22,25,28-29,32,36H,16,19-20,23-24H2,1-13H3/b15-14+,18-17-/t25-,28?,29+,32-/m1/s1. The van der Waals surface area contributed by atoms with Crippen LogP contribution in [0.5, 0.6) is 11.5 Å². The molecule has 46 heavy (non-hydrogen) atoms. The van der Waals surface area contributed by atoms with Crippen molar-refractivity contribution in [3.8, 4) is 11.5 Å². The lowest BCUT2D eigenvalue weighted by Gasteiger charge is -2.36. The van der Waals surface area contributed by atoms with Crippen molar-refractivity contribution in [2.45, 2.75) is 116 Å². The molecule has 0 saturated carbocycles. The number of benzene rings is 1. The van der Waals surface area contributed by atoms with E-state index in [0.29, 0.717) is 42.3 Å². The highest BCUT2D eigenvalue weighted by Gasteiger charge is 2.43. The number of carbonyl (C=O) groups is 1. The van der Waals surface area contributed by atoms with E-state index >= 15 is 0 Å². The Labute approximate surface area is 279 Å². The number of aliphatic hydroxyl groups excluding tert-OH is 1. The average molecular weight is 681 g/mol. The molecule has 1 fully saturated rings. The molecule has 9 nitrogen and oxygen atoms in total. The van der Waals surface area contributed by atoms with E-state index in [0.717, 1.165) is 6.04 Å². The Balaban J connectivity index is 2.24. The summed E-state index contributed by atoms with van der Waals surface area (Å²) in [5.41, 5.74) is 0.871. The lowest BCUT2D eigenvalue weighted by molar-refractivity contribution is -0.152. The van der Waals surface area contributed by atoms with Gasteiger partial charge in [-0.2, -0.15) is 0 Å². The number of methoxy groups -OCH3 is 2. The van der Waals surface area contributed by atoms with Crippen LogP contribution in [0.4, 0.5) is 0 Å². The van der Waals surface area contributed by atoms with E-state index < -0.39 is 46.5 Å². The number of esters is 1. The Kier molecular flexibility index (Phi) is 14.8. The summed E-state index contributed by atoms with van der Waals surface area (Å²) in [5.74, 6) is -0.374. The van der Waals surface area contributed by atoms with E-state index in [1.54, 1.807) is 25.3 Å². The van der Waals surface area contributed by atoms with Crippen LogP contribution in [-0.4, -0.2) is 85.8 Å². The number of rotatable bonds is 17. The first-order chi connectivity index (χ1) is 21.2. The predicted molar refractivity (Wildman–Crippen MR) is 189 cm³/mol. The minimum absolute atomic E-state index is 0.0397. The largest absolute Gasteiger partial charge is 0.497 e. The van der Waals surface area contributed by atoms with Crippen LogP contribution in [0.2, 0.25) is 43.8 Å². The van der Waals surface area contributed by atoms with Crippen LogP contribution in [0.15, 0.2) is 30.4 Å². The van der Waals surface area contributed by atoms with Crippen molar-refractivity contribution in [2.24, 2.45) is 5.92 Å². The van der Waals surface area contributed by atoms with Crippen LogP contribution in [0, 0.1) is 5.92 Å². The second kappa shape index (κ2) is 16.9. The van der Waals surface area contributed by atoms with Crippen LogP contribution in [0.25, 0.3) is 6.08 Å². The lowest BCUT2D eigenvalue weighted by Crippen LogP contribution is -2.41. The number of aliphatic hydroxyl groups is 1. The number of hydrogen-bond acceptors (Lipinski definition) is 9. The summed E-state index contributed by atoms with van der Waals surface area (Å²) in [7, 11) is -0.193. The SMILES string of the molecule is COCOc1cc(OC)cc(/C=C/C[C@@H]2OC(C)(C)O[C@@H]2C(O)/C=C\[C@@H](C)CO[Si](C)(C)C(C)(C)C)c1C(=O)OCC[Si](C)(C)C. The number of ether oxygens (including phenoxy) is 6. The van der Waals surface area contributed by atoms with Gasteiger partial charge in [-0.15, -0.1) is 0 Å². The van der Waals surface area contributed by atoms with Gasteiger partial charge in [-0.3, -0.25) is 0 Å². The highest BCUT2D eigenvalue weighted by atomic mass is 28.4. The molecular weight excluding hydrogens is 621 g/mol. The predicted octanol–water partition coefficient (Wildman–Crippen LogP) is 7.67. The summed E-state index contributed by atoms with van der Waals surface area (Å²) >= 11 is 0. The van der Waals surface area contributed by atoms with E-state index in [2.05, 4.69) is 60.4 Å². The third kappa shape index (κ3) is 12.6. The van der Waals surface area contributed by atoms with Crippen molar-refractivity contribution < 1.29 is 42.7 Å². The first-order valence-electron chi connectivity index (χ1n) is 16.2. The van der Waals surface area contributed by atoms with Crippen molar-refractivity contribution in [1.29, 1.82) is 0 Å².